The Hall–Kier alpha value is -0.380. The summed E-state index contributed by atoms with van der Waals surface area (Å²) in [5.41, 5.74) is 6.89. The molecule has 0 saturated heterocycles. The fourth-order valence-corrected chi connectivity index (χ4v) is 2.18. The van der Waals surface area contributed by atoms with Gasteiger partial charge in [-0.1, -0.05) is 0 Å². The Kier molecular flexibility index (Phi) is 4.42. The lowest BCUT2D eigenvalue weighted by Crippen LogP contribution is -2.27. The average Bonchev–Trinajstić information content (AvgIpc) is 2.48. The van der Waals surface area contributed by atoms with E-state index in [1.807, 2.05) is 11.3 Å². The molecule has 0 aliphatic heterocycles. The van der Waals surface area contributed by atoms with Gasteiger partial charge >= 0.3 is 0 Å². The predicted octanol–water partition coefficient (Wildman–Crippen LogP) is 1.49. The van der Waals surface area contributed by atoms with Crippen LogP contribution in [0.1, 0.15) is 10.4 Å². The van der Waals surface area contributed by atoms with Crippen molar-refractivity contribution in [2.45, 2.75) is 13.3 Å². The number of nitrogens with zero attached hydrogens (tertiary/aromatic N) is 1. The molecule has 13 heavy (non-hydrogen) atoms. The summed E-state index contributed by atoms with van der Waals surface area (Å²) in [5.74, 6) is 0. The number of hydrogen-bond donors (Lipinski definition) is 1. The molecule has 74 valence electrons. The van der Waals surface area contributed by atoms with Crippen LogP contribution < -0.4 is 5.73 Å². The van der Waals surface area contributed by atoms with Crippen LogP contribution in [0.2, 0.25) is 0 Å². The topological polar surface area (TPSA) is 29.3 Å². The normalized spacial score (nSPS) is 11.1. The van der Waals surface area contributed by atoms with Gasteiger partial charge in [-0.2, -0.15) is 0 Å². The lowest BCUT2D eigenvalue weighted by molar-refractivity contribution is 0.348. The van der Waals surface area contributed by atoms with E-state index in [0.29, 0.717) is 0 Å². The van der Waals surface area contributed by atoms with Gasteiger partial charge in [0.25, 0.3) is 0 Å². The Morgan fingerprint density at radius 1 is 1.46 bits per heavy atom. The highest BCUT2D eigenvalue weighted by atomic mass is 32.1. The summed E-state index contributed by atoms with van der Waals surface area (Å²) in [6, 6.07) is 2.18. The first kappa shape index (κ1) is 10.7. The Balaban J connectivity index is 2.30. The summed E-state index contributed by atoms with van der Waals surface area (Å²) in [6.45, 7) is 5.03. The highest BCUT2D eigenvalue weighted by Crippen LogP contribution is 2.15. The highest BCUT2D eigenvalue weighted by molar-refractivity contribution is 7.10. The van der Waals surface area contributed by atoms with Gasteiger partial charge in [-0.15, -0.1) is 11.3 Å². The summed E-state index contributed by atoms with van der Waals surface area (Å²) >= 11 is 1.85. The van der Waals surface area contributed by atoms with Crippen LogP contribution in [-0.2, 0) is 6.42 Å². The molecular weight excluding hydrogens is 180 g/mol. The predicted molar refractivity (Wildman–Crippen MR) is 59.3 cm³/mol. The quantitative estimate of drug-likeness (QED) is 0.776. The minimum atomic E-state index is 0.750. The molecule has 0 radical (unpaired) electrons. The molecule has 1 rings (SSSR count). The smallest absolute Gasteiger partial charge is 0.0102 e. The zero-order valence-electron chi connectivity index (χ0n) is 8.42. The largest absolute Gasteiger partial charge is 0.329 e. The lowest BCUT2D eigenvalue weighted by Gasteiger charge is -2.14. The van der Waals surface area contributed by atoms with Crippen LogP contribution in [0.3, 0.4) is 0 Å². The molecule has 0 aromatic carbocycles. The molecule has 0 amide bonds. The van der Waals surface area contributed by atoms with Crippen molar-refractivity contribution >= 4 is 11.3 Å². The molecule has 0 unspecified atom stereocenters. The first-order chi connectivity index (χ1) is 6.24. The van der Waals surface area contributed by atoms with Crippen LogP contribution in [-0.4, -0.2) is 31.6 Å². The molecule has 0 saturated carbocycles. The first-order valence-corrected chi connectivity index (χ1v) is 5.53. The van der Waals surface area contributed by atoms with E-state index in [9.17, 15) is 0 Å². The minimum absolute atomic E-state index is 0.750. The van der Waals surface area contributed by atoms with Crippen molar-refractivity contribution < 1.29 is 0 Å². The SMILES string of the molecule is Cc1ccsc1CCN(C)CCN. The average molecular weight is 198 g/mol. The van der Waals surface area contributed by atoms with Crippen LogP contribution >= 0.6 is 11.3 Å². The second kappa shape index (κ2) is 5.37. The molecule has 0 fully saturated rings. The summed E-state index contributed by atoms with van der Waals surface area (Å²) in [5, 5.41) is 2.16. The van der Waals surface area contributed by atoms with E-state index in [0.717, 1.165) is 26.1 Å². The Morgan fingerprint density at radius 3 is 2.77 bits per heavy atom. The van der Waals surface area contributed by atoms with Gasteiger partial charge in [-0.05, 0) is 37.4 Å². The van der Waals surface area contributed by atoms with E-state index in [1.54, 1.807) is 0 Å². The van der Waals surface area contributed by atoms with Crippen molar-refractivity contribution in [2.24, 2.45) is 5.73 Å². The Morgan fingerprint density at radius 2 is 2.23 bits per heavy atom. The van der Waals surface area contributed by atoms with Crippen molar-refractivity contribution in [1.29, 1.82) is 0 Å². The second-order valence-electron chi connectivity index (χ2n) is 3.37. The number of thiophene rings is 1. The lowest BCUT2D eigenvalue weighted by atomic mass is 10.2. The van der Waals surface area contributed by atoms with Crippen LogP contribution in [0.15, 0.2) is 11.4 Å². The molecule has 2 N–H and O–H groups in total. The molecule has 1 aromatic rings. The fourth-order valence-electron chi connectivity index (χ4n) is 1.28. The maximum atomic E-state index is 5.47. The van der Waals surface area contributed by atoms with Gasteiger partial charge in [0.2, 0.25) is 0 Å². The summed E-state index contributed by atoms with van der Waals surface area (Å²) in [6.07, 6.45) is 1.15. The van der Waals surface area contributed by atoms with E-state index in [-0.39, 0.29) is 0 Å². The number of rotatable bonds is 5. The zero-order chi connectivity index (χ0) is 9.68. The van der Waals surface area contributed by atoms with E-state index < -0.39 is 0 Å². The van der Waals surface area contributed by atoms with E-state index >= 15 is 0 Å². The highest BCUT2D eigenvalue weighted by Gasteiger charge is 2.01. The van der Waals surface area contributed by atoms with Gasteiger partial charge in [-0.25, -0.2) is 0 Å². The molecule has 1 aromatic heterocycles. The Labute approximate surface area is 84.4 Å². The van der Waals surface area contributed by atoms with Crippen LogP contribution in [0.25, 0.3) is 0 Å². The molecule has 0 aliphatic carbocycles. The summed E-state index contributed by atoms with van der Waals surface area (Å²) in [7, 11) is 2.12. The standard InChI is InChI=1S/C10H18N2S/c1-9-4-8-13-10(9)3-6-12(2)7-5-11/h4,8H,3,5-7,11H2,1-2H3. The number of nitrogens with two attached hydrogens (primary N) is 1. The molecule has 3 heteroatoms. The third-order valence-electron chi connectivity index (χ3n) is 2.20. The van der Waals surface area contributed by atoms with Crippen molar-refractivity contribution in [3.63, 3.8) is 0 Å². The van der Waals surface area contributed by atoms with Crippen LogP contribution in [0.5, 0.6) is 0 Å². The fraction of sp³-hybridized carbons (Fsp3) is 0.600. The molecule has 0 bridgehead atoms. The van der Waals surface area contributed by atoms with Crippen molar-refractivity contribution in [2.75, 3.05) is 26.7 Å². The van der Waals surface area contributed by atoms with Gasteiger partial charge in [0.15, 0.2) is 0 Å². The first-order valence-electron chi connectivity index (χ1n) is 4.65. The zero-order valence-corrected chi connectivity index (χ0v) is 9.23. The molecule has 0 atom stereocenters. The van der Waals surface area contributed by atoms with E-state index in [2.05, 4.69) is 30.3 Å². The van der Waals surface area contributed by atoms with Crippen molar-refractivity contribution in [3.05, 3.63) is 21.9 Å². The van der Waals surface area contributed by atoms with Gasteiger partial charge in [0, 0.05) is 24.5 Å². The van der Waals surface area contributed by atoms with Crippen molar-refractivity contribution in [3.8, 4) is 0 Å². The monoisotopic (exact) mass is 198 g/mol. The van der Waals surface area contributed by atoms with Crippen LogP contribution in [0, 0.1) is 6.92 Å². The molecular formula is C10H18N2S. The molecule has 1 heterocycles. The van der Waals surface area contributed by atoms with Gasteiger partial charge in [0.1, 0.15) is 0 Å². The molecule has 0 spiro atoms. The number of hydrogen-bond acceptors (Lipinski definition) is 3. The van der Waals surface area contributed by atoms with Gasteiger partial charge in [-0.3, -0.25) is 0 Å². The van der Waals surface area contributed by atoms with Crippen molar-refractivity contribution in [1.82, 2.24) is 4.90 Å². The third kappa shape index (κ3) is 3.46. The summed E-state index contributed by atoms with van der Waals surface area (Å²) < 4.78 is 0. The van der Waals surface area contributed by atoms with E-state index in [4.69, 9.17) is 5.73 Å². The Bertz CT molecular complexity index is 245. The maximum Gasteiger partial charge on any atom is 0.0102 e. The third-order valence-corrected chi connectivity index (χ3v) is 3.28. The maximum absolute atomic E-state index is 5.47. The van der Waals surface area contributed by atoms with Crippen LogP contribution in [0.4, 0.5) is 0 Å². The molecule has 2 nitrogen and oxygen atoms in total. The number of likely N-dealkylation sites (N-methyl/N-ethyl adjacent to an activating group) is 1. The molecule has 0 aliphatic rings. The second-order valence-corrected chi connectivity index (χ2v) is 4.37. The summed E-state index contributed by atoms with van der Waals surface area (Å²) in [4.78, 5) is 3.78. The minimum Gasteiger partial charge on any atom is -0.329 e. The van der Waals surface area contributed by atoms with Gasteiger partial charge < -0.3 is 10.6 Å². The number of aryl methyl sites for hydroxylation is 1. The van der Waals surface area contributed by atoms with Gasteiger partial charge in [0.05, 0.1) is 0 Å². The van der Waals surface area contributed by atoms with E-state index in [1.165, 1.54) is 10.4 Å².